The standard InChI is InChI=1S/C18H27FN2O3/c1-11(2)8-16(23)21-14-7-6-12(9-13(14)19)17(24)20-10-15(22)18(3,4)5/h6-7,9,11,15,22H,8,10H2,1-5H3,(H,20,24)(H,21,23). The van der Waals surface area contributed by atoms with Crippen LogP contribution in [0.5, 0.6) is 0 Å². The zero-order chi connectivity index (χ0) is 18.5. The van der Waals surface area contributed by atoms with Crippen LogP contribution < -0.4 is 10.6 Å². The van der Waals surface area contributed by atoms with E-state index in [9.17, 15) is 19.1 Å². The van der Waals surface area contributed by atoms with Gasteiger partial charge in [-0.3, -0.25) is 9.59 Å². The van der Waals surface area contributed by atoms with Crippen molar-refractivity contribution in [2.45, 2.75) is 47.1 Å². The fourth-order valence-electron chi connectivity index (χ4n) is 1.93. The first kappa shape index (κ1) is 20.1. The van der Waals surface area contributed by atoms with Crippen molar-refractivity contribution in [1.29, 1.82) is 0 Å². The number of hydrogen-bond acceptors (Lipinski definition) is 3. The van der Waals surface area contributed by atoms with E-state index < -0.39 is 17.8 Å². The highest BCUT2D eigenvalue weighted by molar-refractivity contribution is 5.96. The minimum absolute atomic E-state index is 0.0481. The summed E-state index contributed by atoms with van der Waals surface area (Å²) in [6, 6.07) is 3.87. The molecule has 1 unspecified atom stereocenters. The van der Waals surface area contributed by atoms with Crippen molar-refractivity contribution < 1.29 is 19.1 Å². The molecule has 1 atom stereocenters. The number of anilines is 1. The van der Waals surface area contributed by atoms with Crippen molar-refractivity contribution in [2.24, 2.45) is 11.3 Å². The van der Waals surface area contributed by atoms with E-state index in [-0.39, 0.29) is 35.0 Å². The van der Waals surface area contributed by atoms with Crippen LogP contribution >= 0.6 is 0 Å². The minimum atomic E-state index is -0.708. The van der Waals surface area contributed by atoms with Crippen LogP contribution in [0.15, 0.2) is 18.2 Å². The van der Waals surface area contributed by atoms with Crippen molar-refractivity contribution in [3.05, 3.63) is 29.6 Å². The van der Waals surface area contributed by atoms with Gasteiger partial charge in [0.25, 0.3) is 5.91 Å². The molecule has 0 aliphatic heterocycles. The van der Waals surface area contributed by atoms with E-state index in [4.69, 9.17) is 0 Å². The number of carbonyl (C=O) groups excluding carboxylic acids is 2. The lowest BCUT2D eigenvalue weighted by molar-refractivity contribution is -0.116. The van der Waals surface area contributed by atoms with Crippen LogP contribution in [0.25, 0.3) is 0 Å². The maximum absolute atomic E-state index is 14.1. The molecule has 0 saturated heterocycles. The maximum atomic E-state index is 14.1. The van der Waals surface area contributed by atoms with Crippen molar-refractivity contribution in [3.63, 3.8) is 0 Å². The average Bonchev–Trinajstić information content (AvgIpc) is 2.44. The third-order valence-corrected chi connectivity index (χ3v) is 3.55. The largest absolute Gasteiger partial charge is 0.391 e. The second-order valence-electron chi connectivity index (χ2n) is 7.43. The van der Waals surface area contributed by atoms with E-state index in [1.165, 1.54) is 12.1 Å². The van der Waals surface area contributed by atoms with Gasteiger partial charge in [-0.15, -0.1) is 0 Å². The Bertz CT molecular complexity index is 594. The lowest BCUT2D eigenvalue weighted by Gasteiger charge is -2.25. The lowest BCUT2D eigenvalue weighted by Crippen LogP contribution is -2.39. The predicted octanol–water partition coefficient (Wildman–Crippen LogP) is 2.95. The molecule has 3 N–H and O–H groups in total. The van der Waals surface area contributed by atoms with Crippen LogP contribution in [0.3, 0.4) is 0 Å². The van der Waals surface area contributed by atoms with Gasteiger partial charge >= 0.3 is 0 Å². The second kappa shape index (κ2) is 8.24. The third kappa shape index (κ3) is 6.28. The third-order valence-electron chi connectivity index (χ3n) is 3.55. The van der Waals surface area contributed by atoms with Crippen LogP contribution in [-0.4, -0.2) is 29.6 Å². The molecule has 0 fully saturated rings. The Morgan fingerprint density at radius 2 is 1.88 bits per heavy atom. The van der Waals surface area contributed by atoms with Gasteiger partial charge in [0.1, 0.15) is 5.82 Å². The Kier molecular flexibility index (Phi) is 6.90. The van der Waals surface area contributed by atoms with Crippen LogP contribution in [0.4, 0.5) is 10.1 Å². The first-order valence-corrected chi connectivity index (χ1v) is 8.06. The van der Waals surface area contributed by atoms with Crippen molar-refractivity contribution in [3.8, 4) is 0 Å². The Morgan fingerprint density at radius 3 is 2.38 bits per heavy atom. The molecular weight excluding hydrogens is 311 g/mol. The zero-order valence-corrected chi connectivity index (χ0v) is 14.9. The Labute approximate surface area is 142 Å². The molecule has 0 bridgehead atoms. The molecule has 1 aromatic carbocycles. The van der Waals surface area contributed by atoms with Gasteiger partial charge in [0, 0.05) is 18.5 Å². The van der Waals surface area contributed by atoms with Crippen molar-refractivity contribution in [1.82, 2.24) is 5.32 Å². The zero-order valence-electron chi connectivity index (χ0n) is 14.9. The van der Waals surface area contributed by atoms with Gasteiger partial charge in [0.2, 0.25) is 5.91 Å². The molecule has 0 spiro atoms. The Morgan fingerprint density at radius 1 is 1.25 bits per heavy atom. The topological polar surface area (TPSA) is 78.4 Å². The minimum Gasteiger partial charge on any atom is -0.391 e. The van der Waals surface area contributed by atoms with Gasteiger partial charge in [-0.2, -0.15) is 0 Å². The summed E-state index contributed by atoms with van der Waals surface area (Å²) in [4.78, 5) is 23.7. The number of carbonyl (C=O) groups is 2. The van der Waals surface area contributed by atoms with Gasteiger partial charge in [-0.05, 0) is 29.5 Å². The fourth-order valence-corrected chi connectivity index (χ4v) is 1.93. The first-order valence-electron chi connectivity index (χ1n) is 8.06. The molecule has 134 valence electrons. The molecule has 1 aromatic rings. The maximum Gasteiger partial charge on any atom is 0.251 e. The van der Waals surface area contributed by atoms with Gasteiger partial charge in [-0.25, -0.2) is 4.39 Å². The van der Waals surface area contributed by atoms with E-state index in [0.717, 1.165) is 6.07 Å². The summed E-state index contributed by atoms with van der Waals surface area (Å²) in [6.45, 7) is 9.45. The number of aliphatic hydroxyl groups excluding tert-OH is 1. The molecule has 0 radical (unpaired) electrons. The number of rotatable bonds is 6. The first-order chi connectivity index (χ1) is 11.0. The number of aliphatic hydroxyl groups is 1. The van der Waals surface area contributed by atoms with Gasteiger partial charge in [0.15, 0.2) is 0 Å². The molecule has 0 aromatic heterocycles. The van der Waals surface area contributed by atoms with Crippen molar-refractivity contribution in [2.75, 3.05) is 11.9 Å². The molecule has 2 amide bonds. The average molecular weight is 338 g/mol. The van der Waals surface area contributed by atoms with Gasteiger partial charge in [-0.1, -0.05) is 34.6 Å². The molecule has 0 aliphatic carbocycles. The summed E-state index contributed by atoms with van der Waals surface area (Å²) in [7, 11) is 0. The molecule has 1 rings (SSSR count). The van der Waals surface area contributed by atoms with Crippen LogP contribution in [0.2, 0.25) is 0 Å². The monoisotopic (exact) mass is 338 g/mol. The number of benzene rings is 1. The Hall–Kier alpha value is -1.95. The van der Waals surface area contributed by atoms with Crippen molar-refractivity contribution >= 4 is 17.5 Å². The molecule has 6 heteroatoms. The smallest absolute Gasteiger partial charge is 0.251 e. The predicted molar refractivity (Wildman–Crippen MR) is 92.3 cm³/mol. The molecule has 5 nitrogen and oxygen atoms in total. The molecule has 0 aliphatic rings. The summed E-state index contributed by atoms with van der Waals surface area (Å²) in [6.07, 6.45) is -0.410. The highest BCUT2D eigenvalue weighted by Crippen LogP contribution is 2.19. The van der Waals surface area contributed by atoms with E-state index >= 15 is 0 Å². The van der Waals surface area contributed by atoms with Crippen LogP contribution in [0.1, 0.15) is 51.4 Å². The van der Waals surface area contributed by atoms with Crippen LogP contribution in [-0.2, 0) is 4.79 Å². The highest BCUT2D eigenvalue weighted by Gasteiger charge is 2.22. The number of halogens is 1. The lowest BCUT2D eigenvalue weighted by atomic mass is 9.89. The molecule has 0 heterocycles. The number of hydrogen-bond donors (Lipinski definition) is 3. The van der Waals surface area contributed by atoms with E-state index in [1.807, 2.05) is 34.6 Å². The summed E-state index contributed by atoms with van der Waals surface area (Å²) < 4.78 is 14.1. The second-order valence-corrected chi connectivity index (χ2v) is 7.43. The van der Waals surface area contributed by atoms with Gasteiger partial charge < -0.3 is 15.7 Å². The summed E-state index contributed by atoms with van der Waals surface area (Å²) in [5, 5.41) is 15.0. The summed E-state index contributed by atoms with van der Waals surface area (Å²) in [5.74, 6) is -1.24. The van der Waals surface area contributed by atoms with Crippen LogP contribution in [0, 0.1) is 17.2 Å². The summed E-state index contributed by atoms with van der Waals surface area (Å²) >= 11 is 0. The quantitative estimate of drug-likeness (QED) is 0.746. The highest BCUT2D eigenvalue weighted by atomic mass is 19.1. The summed E-state index contributed by atoms with van der Waals surface area (Å²) in [5.41, 5.74) is -0.175. The van der Waals surface area contributed by atoms with E-state index in [0.29, 0.717) is 6.42 Å². The normalized spacial score (nSPS) is 12.8. The van der Waals surface area contributed by atoms with E-state index in [1.54, 1.807) is 0 Å². The number of amides is 2. The molecular formula is C18H27FN2O3. The van der Waals surface area contributed by atoms with Gasteiger partial charge in [0.05, 0.1) is 11.8 Å². The fraction of sp³-hybridized carbons (Fsp3) is 0.556. The molecule has 0 saturated carbocycles. The number of nitrogens with one attached hydrogen (secondary N) is 2. The van der Waals surface area contributed by atoms with E-state index in [2.05, 4.69) is 10.6 Å². The Balaban J connectivity index is 2.70. The SMILES string of the molecule is CC(C)CC(=O)Nc1ccc(C(=O)NCC(O)C(C)(C)C)cc1F. The molecule has 24 heavy (non-hydrogen) atoms.